The van der Waals surface area contributed by atoms with E-state index in [1.165, 1.54) is 5.56 Å². The van der Waals surface area contributed by atoms with Gasteiger partial charge in [-0.1, -0.05) is 36.4 Å². The summed E-state index contributed by atoms with van der Waals surface area (Å²) in [6.45, 7) is 2.91. The van der Waals surface area contributed by atoms with E-state index in [1.54, 1.807) is 0 Å². The smallest absolute Gasteiger partial charge is 0.338 e. The zero-order valence-corrected chi connectivity index (χ0v) is 16.3. The molecule has 3 rings (SSSR count). The summed E-state index contributed by atoms with van der Waals surface area (Å²) in [4.78, 5) is 14.6. The van der Waals surface area contributed by atoms with Crippen molar-refractivity contribution >= 4 is 41.0 Å². The van der Waals surface area contributed by atoms with Gasteiger partial charge in [-0.05, 0) is 59.2 Å². The number of nitrogens with zero attached hydrogens (tertiary/aromatic N) is 1. The molecular formula is C19H21ClINO2. The van der Waals surface area contributed by atoms with Gasteiger partial charge in [0.25, 0.3) is 0 Å². The van der Waals surface area contributed by atoms with Crippen molar-refractivity contribution < 1.29 is 9.53 Å². The van der Waals surface area contributed by atoms with Gasteiger partial charge >= 0.3 is 5.97 Å². The Labute approximate surface area is 162 Å². The molecule has 0 saturated carbocycles. The number of hydrogen-bond donors (Lipinski definition) is 0. The molecule has 0 radical (unpaired) electrons. The fourth-order valence-corrected chi connectivity index (χ4v) is 3.40. The average molecular weight is 458 g/mol. The van der Waals surface area contributed by atoms with Gasteiger partial charge in [0.05, 0.1) is 5.56 Å². The van der Waals surface area contributed by atoms with Gasteiger partial charge in [0.15, 0.2) is 0 Å². The number of carbonyl (C=O) groups is 1. The van der Waals surface area contributed by atoms with Crippen LogP contribution in [0.4, 0.5) is 0 Å². The van der Waals surface area contributed by atoms with Crippen LogP contribution in [-0.2, 0) is 11.3 Å². The number of halogens is 2. The lowest BCUT2D eigenvalue weighted by Gasteiger charge is -2.31. The van der Waals surface area contributed by atoms with Crippen LogP contribution in [-0.4, -0.2) is 30.1 Å². The summed E-state index contributed by atoms with van der Waals surface area (Å²) >= 11 is 2.21. The number of likely N-dealkylation sites (tertiary alicyclic amines) is 1. The van der Waals surface area contributed by atoms with Gasteiger partial charge in [-0.3, -0.25) is 4.90 Å². The summed E-state index contributed by atoms with van der Waals surface area (Å²) in [5, 5.41) is 0. The fraction of sp³-hybridized carbons (Fsp3) is 0.316. The van der Waals surface area contributed by atoms with E-state index in [-0.39, 0.29) is 24.5 Å². The first-order chi connectivity index (χ1) is 11.2. The second-order valence-electron chi connectivity index (χ2n) is 5.88. The molecule has 24 heavy (non-hydrogen) atoms. The molecule has 2 aromatic rings. The number of rotatable bonds is 4. The van der Waals surface area contributed by atoms with Crippen molar-refractivity contribution in [2.75, 3.05) is 13.1 Å². The Kier molecular flexibility index (Phi) is 7.52. The van der Waals surface area contributed by atoms with Gasteiger partial charge in [0.2, 0.25) is 0 Å². The standard InChI is InChI=1S/C19H20INO2.ClH/c20-17-8-4-7-16(13-17)19(22)23-18-9-11-21(12-10-18)14-15-5-2-1-3-6-15;/h1-8,13,18H,9-12,14H2;1H. The Morgan fingerprint density at radius 1 is 1.08 bits per heavy atom. The largest absolute Gasteiger partial charge is 0.459 e. The molecule has 2 aromatic carbocycles. The maximum atomic E-state index is 12.2. The maximum absolute atomic E-state index is 12.2. The van der Waals surface area contributed by atoms with Crippen molar-refractivity contribution in [3.8, 4) is 0 Å². The Morgan fingerprint density at radius 3 is 2.46 bits per heavy atom. The highest BCUT2D eigenvalue weighted by molar-refractivity contribution is 14.1. The second-order valence-corrected chi connectivity index (χ2v) is 7.12. The van der Waals surface area contributed by atoms with Crippen LogP contribution in [0.2, 0.25) is 0 Å². The van der Waals surface area contributed by atoms with Gasteiger partial charge in [-0.15, -0.1) is 12.4 Å². The van der Waals surface area contributed by atoms with Gasteiger partial charge < -0.3 is 4.74 Å². The first-order valence-corrected chi connectivity index (χ1v) is 9.01. The van der Waals surface area contributed by atoms with Crippen LogP contribution in [0.1, 0.15) is 28.8 Å². The molecule has 0 aliphatic carbocycles. The lowest BCUT2D eigenvalue weighted by molar-refractivity contribution is 0.0104. The molecule has 1 aliphatic rings. The zero-order chi connectivity index (χ0) is 16.1. The second kappa shape index (κ2) is 9.39. The van der Waals surface area contributed by atoms with E-state index in [2.05, 4.69) is 51.8 Å². The molecule has 0 spiro atoms. The quantitative estimate of drug-likeness (QED) is 0.499. The first-order valence-electron chi connectivity index (χ1n) is 7.93. The molecule has 5 heteroatoms. The normalized spacial score (nSPS) is 15.5. The molecule has 1 heterocycles. The van der Waals surface area contributed by atoms with E-state index >= 15 is 0 Å². The van der Waals surface area contributed by atoms with E-state index in [0.29, 0.717) is 5.56 Å². The molecule has 0 bridgehead atoms. The Hall–Kier alpha value is -1.11. The molecule has 1 aliphatic heterocycles. The Morgan fingerprint density at radius 2 is 1.79 bits per heavy atom. The summed E-state index contributed by atoms with van der Waals surface area (Å²) < 4.78 is 6.71. The van der Waals surface area contributed by atoms with Crippen molar-refractivity contribution in [3.63, 3.8) is 0 Å². The molecule has 0 atom stereocenters. The van der Waals surface area contributed by atoms with Crippen LogP contribution in [0.15, 0.2) is 54.6 Å². The van der Waals surface area contributed by atoms with Gasteiger partial charge in [0, 0.05) is 23.2 Å². The van der Waals surface area contributed by atoms with Crippen molar-refractivity contribution in [2.24, 2.45) is 0 Å². The highest BCUT2D eigenvalue weighted by atomic mass is 127. The minimum atomic E-state index is -0.204. The number of esters is 1. The minimum Gasteiger partial charge on any atom is -0.459 e. The van der Waals surface area contributed by atoms with Crippen molar-refractivity contribution in [1.29, 1.82) is 0 Å². The molecule has 1 fully saturated rings. The van der Waals surface area contributed by atoms with E-state index in [4.69, 9.17) is 4.74 Å². The van der Waals surface area contributed by atoms with Crippen LogP contribution in [0.25, 0.3) is 0 Å². The molecule has 0 amide bonds. The summed E-state index contributed by atoms with van der Waals surface area (Å²) in [5.74, 6) is -0.204. The summed E-state index contributed by atoms with van der Waals surface area (Å²) in [7, 11) is 0. The summed E-state index contributed by atoms with van der Waals surface area (Å²) in [6.07, 6.45) is 1.85. The predicted octanol–water partition coefficient (Wildman–Crippen LogP) is 4.53. The third kappa shape index (κ3) is 5.46. The number of carbonyl (C=O) groups excluding carboxylic acids is 1. The van der Waals surface area contributed by atoms with Crippen molar-refractivity contribution in [3.05, 3.63) is 69.3 Å². The Balaban J connectivity index is 0.00000208. The first kappa shape index (κ1) is 19.2. The van der Waals surface area contributed by atoms with Gasteiger partial charge in [-0.25, -0.2) is 4.79 Å². The molecule has 0 N–H and O–H groups in total. The monoisotopic (exact) mass is 457 g/mol. The highest BCUT2D eigenvalue weighted by Gasteiger charge is 2.22. The molecule has 1 saturated heterocycles. The molecule has 128 valence electrons. The lowest BCUT2D eigenvalue weighted by Crippen LogP contribution is -2.37. The van der Waals surface area contributed by atoms with Crippen LogP contribution in [0.5, 0.6) is 0 Å². The fourth-order valence-electron chi connectivity index (χ4n) is 2.86. The highest BCUT2D eigenvalue weighted by Crippen LogP contribution is 2.18. The number of hydrogen-bond acceptors (Lipinski definition) is 3. The van der Waals surface area contributed by atoms with Crippen molar-refractivity contribution in [2.45, 2.75) is 25.5 Å². The number of piperidine rings is 1. The average Bonchev–Trinajstić information content (AvgIpc) is 2.57. The summed E-state index contributed by atoms with van der Waals surface area (Å²) in [6, 6.07) is 18.0. The van der Waals surface area contributed by atoms with Gasteiger partial charge in [-0.2, -0.15) is 0 Å². The van der Waals surface area contributed by atoms with E-state index < -0.39 is 0 Å². The third-order valence-corrected chi connectivity index (χ3v) is 4.79. The predicted molar refractivity (Wildman–Crippen MR) is 107 cm³/mol. The SMILES string of the molecule is Cl.O=C(OC1CCN(Cc2ccccc2)CC1)c1cccc(I)c1. The summed E-state index contributed by atoms with van der Waals surface area (Å²) in [5.41, 5.74) is 1.98. The number of benzene rings is 2. The Bertz CT molecular complexity index is 657. The molecular weight excluding hydrogens is 437 g/mol. The van der Waals surface area contributed by atoms with Crippen LogP contribution in [0.3, 0.4) is 0 Å². The van der Waals surface area contributed by atoms with Gasteiger partial charge in [0.1, 0.15) is 6.10 Å². The van der Waals surface area contributed by atoms with Crippen LogP contribution < -0.4 is 0 Å². The van der Waals surface area contributed by atoms with E-state index in [1.807, 2.05) is 30.3 Å². The minimum absolute atomic E-state index is 0. The van der Waals surface area contributed by atoms with E-state index in [0.717, 1.165) is 36.0 Å². The van der Waals surface area contributed by atoms with Crippen LogP contribution >= 0.6 is 35.0 Å². The zero-order valence-electron chi connectivity index (χ0n) is 13.4. The topological polar surface area (TPSA) is 29.5 Å². The van der Waals surface area contributed by atoms with E-state index in [9.17, 15) is 4.79 Å². The molecule has 0 unspecified atom stereocenters. The van der Waals surface area contributed by atoms with Crippen LogP contribution in [0, 0.1) is 3.57 Å². The third-order valence-electron chi connectivity index (χ3n) is 4.12. The lowest BCUT2D eigenvalue weighted by atomic mass is 10.1. The molecule has 3 nitrogen and oxygen atoms in total. The number of ether oxygens (including phenoxy) is 1. The maximum Gasteiger partial charge on any atom is 0.338 e. The van der Waals surface area contributed by atoms with Crippen molar-refractivity contribution in [1.82, 2.24) is 4.90 Å². The molecule has 0 aromatic heterocycles.